The van der Waals surface area contributed by atoms with E-state index in [0.717, 1.165) is 22.9 Å². The zero-order chi connectivity index (χ0) is 17.7. The molecule has 25 heavy (non-hydrogen) atoms. The van der Waals surface area contributed by atoms with Crippen LogP contribution in [0.5, 0.6) is 0 Å². The van der Waals surface area contributed by atoms with Crippen LogP contribution < -0.4 is 10.6 Å². The fourth-order valence-electron chi connectivity index (χ4n) is 3.32. The van der Waals surface area contributed by atoms with Crippen molar-refractivity contribution in [3.63, 3.8) is 0 Å². The lowest BCUT2D eigenvalue weighted by Gasteiger charge is -2.19. The minimum Gasteiger partial charge on any atom is -0.335 e. The van der Waals surface area contributed by atoms with Crippen LogP contribution in [0.3, 0.4) is 0 Å². The van der Waals surface area contributed by atoms with Gasteiger partial charge in [-0.2, -0.15) is 0 Å². The molecule has 0 spiro atoms. The largest absolute Gasteiger partial charge is 0.335 e. The Morgan fingerprint density at radius 2 is 1.40 bits per heavy atom. The van der Waals surface area contributed by atoms with Gasteiger partial charge in [0.1, 0.15) is 0 Å². The van der Waals surface area contributed by atoms with Crippen LogP contribution in [0, 0.1) is 0 Å². The van der Waals surface area contributed by atoms with E-state index in [1.54, 1.807) is 6.20 Å². The van der Waals surface area contributed by atoms with E-state index in [0.29, 0.717) is 6.04 Å². The maximum absolute atomic E-state index is 12.1. The molecule has 2 amide bonds. The molecule has 1 aliphatic carbocycles. The Hall–Kier alpha value is -1.29. The number of rotatable bonds is 3. The van der Waals surface area contributed by atoms with Gasteiger partial charge in [-0.15, -0.1) is 0 Å². The Kier molecular flexibility index (Phi) is 9.71. The molecule has 138 valence electrons. The van der Waals surface area contributed by atoms with E-state index in [2.05, 4.69) is 26.6 Å². The molecular weight excluding hydrogens is 376 g/mol. The van der Waals surface area contributed by atoms with E-state index in [1.807, 2.05) is 30.3 Å². The normalized spacial score (nSPS) is 18.3. The maximum Gasteiger partial charge on any atom is 0.318 e. The Bertz CT molecular complexity index is 515. The molecule has 0 aromatic heterocycles. The molecule has 0 aliphatic heterocycles. The lowest BCUT2D eigenvalue weighted by Crippen LogP contribution is -2.40. The lowest BCUT2D eigenvalue weighted by atomic mass is 9.98. The molecule has 0 radical (unpaired) electrons. The molecule has 1 saturated carbocycles. The van der Waals surface area contributed by atoms with Crippen molar-refractivity contribution in [3.05, 3.63) is 40.5 Å². The van der Waals surface area contributed by atoms with Gasteiger partial charge in [0.05, 0.1) is 0 Å². The number of carbonyl (C=O) groups is 1. The highest BCUT2D eigenvalue weighted by Gasteiger charge is 2.11. The number of nitrogens with one attached hydrogen (secondary N) is 2. The van der Waals surface area contributed by atoms with Crippen LogP contribution in [-0.4, -0.2) is 12.1 Å². The summed E-state index contributed by atoms with van der Waals surface area (Å²) < 4.78 is 1.05. The van der Waals surface area contributed by atoms with Crippen LogP contribution in [-0.2, 0) is 0 Å². The van der Waals surface area contributed by atoms with Gasteiger partial charge < -0.3 is 10.6 Å². The van der Waals surface area contributed by atoms with Gasteiger partial charge in [0.2, 0.25) is 0 Å². The van der Waals surface area contributed by atoms with Gasteiger partial charge in [0.25, 0.3) is 0 Å². The van der Waals surface area contributed by atoms with Crippen molar-refractivity contribution < 1.29 is 4.79 Å². The zero-order valence-electron chi connectivity index (χ0n) is 15.1. The topological polar surface area (TPSA) is 41.1 Å². The molecule has 1 aromatic rings. The van der Waals surface area contributed by atoms with E-state index < -0.39 is 0 Å². The second kappa shape index (κ2) is 12.1. The average Bonchev–Trinajstić information content (AvgIpc) is 2.59. The molecule has 0 heterocycles. The Balaban J connectivity index is 1.74. The fraction of sp³-hybridized carbons (Fsp3) is 0.571. The highest BCUT2D eigenvalue weighted by atomic mass is 79.9. The maximum atomic E-state index is 12.1. The number of amides is 2. The minimum absolute atomic E-state index is 0.0922. The molecule has 3 nitrogen and oxygen atoms in total. The van der Waals surface area contributed by atoms with Gasteiger partial charge in [0, 0.05) is 16.7 Å². The summed E-state index contributed by atoms with van der Waals surface area (Å²) >= 11 is 3.42. The molecule has 0 bridgehead atoms. The summed E-state index contributed by atoms with van der Waals surface area (Å²) in [6, 6.07) is 8.21. The average molecular weight is 407 g/mol. The highest BCUT2D eigenvalue weighted by molar-refractivity contribution is 9.10. The smallest absolute Gasteiger partial charge is 0.318 e. The lowest BCUT2D eigenvalue weighted by molar-refractivity contribution is 0.238. The van der Waals surface area contributed by atoms with Crippen LogP contribution >= 0.6 is 15.9 Å². The van der Waals surface area contributed by atoms with E-state index >= 15 is 0 Å². The molecule has 4 heteroatoms. The van der Waals surface area contributed by atoms with Crippen molar-refractivity contribution in [2.45, 2.75) is 76.7 Å². The number of halogens is 1. The summed E-state index contributed by atoms with van der Waals surface area (Å²) in [5.41, 5.74) is 1.06. The number of hydrogen-bond acceptors (Lipinski definition) is 1. The van der Waals surface area contributed by atoms with Crippen molar-refractivity contribution in [3.8, 4) is 0 Å². The molecular formula is C21H31BrN2O. The van der Waals surface area contributed by atoms with Crippen LogP contribution in [0.1, 0.15) is 76.2 Å². The number of hydrogen-bond donors (Lipinski definition) is 2. The predicted molar refractivity (Wildman–Crippen MR) is 109 cm³/mol. The van der Waals surface area contributed by atoms with Gasteiger partial charge in [-0.1, -0.05) is 85.9 Å². The Morgan fingerprint density at radius 1 is 0.880 bits per heavy atom. The first-order chi connectivity index (χ1) is 12.2. The molecule has 1 aliphatic rings. The van der Waals surface area contributed by atoms with E-state index in [9.17, 15) is 4.79 Å². The van der Waals surface area contributed by atoms with Crippen LogP contribution in [0.4, 0.5) is 4.79 Å². The molecule has 0 atom stereocenters. The van der Waals surface area contributed by atoms with Crippen molar-refractivity contribution in [2.24, 2.45) is 0 Å². The van der Waals surface area contributed by atoms with E-state index in [-0.39, 0.29) is 6.03 Å². The third-order valence-electron chi connectivity index (χ3n) is 4.80. The second-order valence-electron chi connectivity index (χ2n) is 6.96. The van der Waals surface area contributed by atoms with Crippen molar-refractivity contribution in [1.29, 1.82) is 0 Å². The summed E-state index contributed by atoms with van der Waals surface area (Å²) in [7, 11) is 0. The van der Waals surface area contributed by atoms with E-state index in [1.165, 1.54) is 57.8 Å². The molecule has 1 fully saturated rings. The predicted octanol–water partition coefficient (Wildman–Crippen LogP) is 6.39. The van der Waals surface area contributed by atoms with Crippen LogP contribution in [0.2, 0.25) is 0 Å². The highest BCUT2D eigenvalue weighted by Crippen LogP contribution is 2.17. The van der Waals surface area contributed by atoms with Crippen molar-refractivity contribution in [1.82, 2.24) is 10.6 Å². The van der Waals surface area contributed by atoms with Gasteiger partial charge in [-0.3, -0.25) is 0 Å². The van der Waals surface area contributed by atoms with Gasteiger partial charge in [0.15, 0.2) is 0 Å². The third kappa shape index (κ3) is 9.10. The molecule has 2 N–H and O–H groups in total. The Labute approximate surface area is 160 Å². The van der Waals surface area contributed by atoms with Crippen molar-refractivity contribution >= 4 is 28.0 Å². The molecule has 1 aromatic carbocycles. The quantitative estimate of drug-likeness (QED) is 0.599. The number of carbonyl (C=O) groups excluding carboxylic acids is 1. The monoisotopic (exact) mass is 406 g/mol. The molecule has 0 unspecified atom stereocenters. The Morgan fingerprint density at radius 3 is 1.96 bits per heavy atom. The second-order valence-corrected chi connectivity index (χ2v) is 7.87. The summed E-state index contributed by atoms with van der Waals surface area (Å²) in [5.74, 6) is 0. The number of urea groups is 1. The minimum atomic E-state index is -0.0922. The SMILES string of the molecule is O=C(N/C=C/c1ccc(Br)cc1)NC1CCCCCCCCCCC1. The standard InChI is InChI=1S/C21H31BrN2O/c22-19-14-12-18(13-15-19)16-17-23-21(25)24-20-10-8-6-4-2-1-3-5-7-9-11-20/h12-17,20H,1-11H2,(H2,23,24,25)/b17-16+. The molecule has 0 saturated heterocycles. The van der Waals surface area contributed by atoms with Gasteiger partial charge >= 0.3 is 6.03 Å². The fourth-order valence-corrected chi connectivity index (χ4v) is 3.59. The first kappa shape index (κ1) is 20.0. The van der Waals surface area contributed by atoms with Gasteiger partial charge in [-0.05, 0) is 36.6 Å². The first-order valence-electron chi connectivity index (χ1n) is 9.73. The van der Waals surface area contributed by atoms with Crippen molar-refractivity contribution in [2.75, 3.05) is 0 Å². The first-order valence-corrected chi connectivity index (χ1v) is 10.5. The number of benzene rings is 1. The molecule has 2 rings (SSSR count). The summed E-state index contributed by atoms with van der Waals surface area (Å²) in [5, 5.41) is 5.99. The zero-order valence-corrected chi connectivity index (χ0v) is 16.7. The van der Waals surface area contributed by atoms with E-state index in [4.69, 9.17) is 0 Å². The van der Waals surface area contributed by atoms with Crippen LogP contribution in [0.25, 0.3) is 6.08 Å². The summed E-state index contributed by atoms with van der Waals surface area (Å²) in [6.45, 7) is 0. The summed E-state index contributed by atoms with van der Waals surface area (Å²) in [4.78, 5) is 12.1. The van der Waals surface area contributed by atoms with Gasteiger partial charge in [-0.25, -0.2) is 4.79 Å². The van der Waals surface area contributed by atoms with Crippen LogP contribution in [0.15, 0.2) is 34.9 Å². The summed E-state index contributed by atoms with van der Waals surface area (Å²) in [6.07, 6.45) is 17.7. The third-order valence-corrected chi connectivity index (χ3v) is 5.33.